The largest absolute Gasteiger partial charge is 0.484 e. The maximum absolute atomic E-state index is 5.88. The predicted molar refractivity (Wildman–Crippen MR) is 74.1 cm³/mol. The van der Waals surface area contributed by atoms with Gasteiger partial charge in [-0.3, -0.25) is 0 Å². The van der Waals surface area contributed by atoms with Crippen molar-refractivity contribution >= 4 is 11.8 Å². The second kappa shape index (κ2) is 5.63. The minimum Gasteiger partial charge on any atom is -0.484 e. The molecule has 0 unspecified atom stereocenters. The summed E-state index contributed by atoms with van der Waals surface area (Å²) in [6, 6.07) is 7.83. The fourth-order valence-electron chi connectivity index (χ4n) is 1.39. The first-order valence-corrected chi connectivity index (χ1v) is 7.10. The molecule has 0 atom stereocenters. The van der Waals surface area contributed by atoms with Gasteiger partial charge in [-0.15, -0.1) is 11.8 Å². The summed E-state index contributed by atoms with van der Waals surface area (Å²) in [5.41, 5.74) is 5.27. The lowest BCUT2D eigenvalue weighted by molar-refractivity contribution is 0.241. The molecule has 0 saturated carbocycles. The molecule has 0 aliphatic rings. The average molecular weight is 279 g/mol. The highest BCUT2D eigenvalue weighted by molar-refractivity contribution is 7.98. The van der Waals surface area contributed by atoms with Crippen molar-refractivity contribution in [1.82, 2.24) is 10.1 Å². The Hall–Kier alpha value is -1.53. The van der Waals surface area contributed by atoms with Gasteiger partial charge in [-0.25, -0.2) is 0 Å². The summed E-state index contributed by atoms with van der Waals surface area (Å²) in [5, 5.41) is 3.83. The van der Waals surface area contributed by atoms with Gasteiger partial charge in [0.25, 0.3) is 5.89 Å². The van der Waals surface area contributed by atoms with Gasteiger partial charge in [0.1, 0.15) is 5.75 Å². The van der Waals surface area contributed by atoms with Crippen molar-refractivity contribution in [2.24, 2.45) is 5.73 Å². The van der Waals surface area contributed by atoms with Gasteiger partial charge >= 0.3 is 0 Å². The molecule has 0 aliphatic heterocycles. The Bertz CT molecular complexity index is 532. The summed E-state index contributed by atoms with van der Waals surface area (Å²) >= 11 is 1.69. The van der Waals surface area contributed by atoms with Gasteiger partial charge in [-0.1, -0.05) is 5.16 Å². The molecule has 2 aromatic rings. The fourth-order valence-corrected chi connectivity index (χ4v) is 1.80. The highest BCUT2D eigenvalue weighted by Crippen LogP contribution is 2.20. The second-order valence-corrected chi connectivity index (χ2v) is 5.58. The molecule has 0 aliphatic carbocycles. The molecule has 1 heterocycles. The van der Waals surface area contributed by atoms with E-state index in [0.29, 0.717) is 11.7 Å². The smallest absolute Gasteiger partial charge is 0.264 e. The van der Waals surface area contributed by atoms with E-state index in [2.05, 4.69) is 10.1 Å². The van der Waals surface area contributed by atoms with Crippen LogP contribution in [0, 0.1) is 0 Å². The molecule has 0 fully saturated rings. The Morgan fingerprint density at radius 1 is 1.32 bits per heavy atom. The number of nitrogens with zero attached hydrogens (tertiary/aromatic N) is 2. The van der Waals surface area contributed by atoms with E-state index >= 15 is 0 Å². The van der Waals surface area contributed by atoms with Gasteiger partial charge < -0.3 is 15.0 Å². The lowest BCUT2D eigenvalue weighted by atomic mass is 10.1. The SMILES string of the molecule is CSc1ccc(OCc2nc(C(C)(C)N)no2)cc1. The van der Waals surface area contributed by atoms with Gasteiger partial charge in [0, 0.05) is 4.90 Å². The Labute approximate surface area is 116 Å². The summed E-state index contributed by atoms with van der Waals surface area (Å²) in [4.78, 5) is 5.39. The number of nitrogens with two attached hydrogens (primary N) is 1. The van der Waals surface area contributed by atoms with E-state index in [9.17, 15) is 0 Å². The van der Waals surface area contributed by atoms with Crippen LogP contribution in [-0.2, 0) is 12.1 Å². The Balaban J connectivity index is 1.96. The third-order valence-corrected chi connectivity index (χ3v) is 3.21. The number of benzene rings is 1. The van der Waals surface area contributed by atoms with Crippen LogP contribution in [0.4, 0.5) is 0 Å². The minimum absolute atomic E-state index is 0.238. The minimum atomic E-state index is -0.609. The van der Waals surface area contributed by atoms with Gasteiger partial charge in [0.15, 0.2) is 12.4 Å². The zero-order chi connectivity index (χ0) is 13.9. The number of hydrogen-bond donors (Lipinski definition) is 1. The molecule has 102 valence electrons. The zero-order valence-electron chi connectivity index (χ0n) is 11.2. The van der Waals surface area contributed by atoms with E-state index in [4.69, 9.17) is 15.0 Å². The Morgan fingerprint density at radius 3 is 2.53 bits per heavy atom. The first kappa shape index (κ1) is 13.9. The van der Waals surface area contributed by atoms with Crippen molar-refractivity contribution in [3.05, 3.63) is 36.0 Å². The fraction of sp³-hybridized carbons (Fsp3) is 0.385. The summed E-state index contributed by atoms with van der Waals surface area (Å²) in [5.74, 6) is 1.66. The van der Waals surface area contributed by atoms with E-state index in [1.54, 1.807) is 11.8 Å². The molecule has 1 aromatic carbocycles. The van der Waals surface area contributed by atoms with Crippen LogP contribution in [-0.4, -0.2) is 16.4 Å². The molecule has 0 bridgehead atoms. The van der Waals surface area contributed by atoms with E-state index in [-0.39, 0.29) is 6.61 Å². The maximum atomic E-state index is 5.88. The third-order valence-electron chi connectivity index (χ3n) is 2.47. The summed E-state index contributed by atoms with van der Waals surface area (Å²) in [7, 11) is 0. The van der Waals surface area contributed by atoms with Gasteiger partial charge in [0.2, 0.25) is 0 Å². The zero-order valence-corrected chi connectivity index (χ0v) is 12.0. The van der Waals surface area contributed by atoms with Crippen molar-refractivity contribution < 1.29 is 9.26 Å². The van der Waals surface area contributed by atoms with Crippen LogP contribution in [0.3, 0.4) is 0 Å². The standard InChI is InChI=1S/C13H17N3O2S/c1-13(2,14)12-15-11(18-16-12)8-17-9-4-6-10(19-3)7-5-9/h4-7H,8,14H2,1-3H3. The molecule has 0 saturated heterocycles. The topological polar surface area (TPSA) is 74.2 Å². The van der Waals surface area contributed by atoms with Crippen LogP contribution < -0.4 is 10.5 Å². The Morgan fingerprint density at radius 2 is 2.00 bits per heavy atom. The number of hydrogen-bond acceptors (Lipinski definition) is 6. The molecule has 5 nitrogen and oxygen atoms in total. The van der Waals surface area contributed by atoms with Crippen molar-refractivity contribution in [3.8, 4) is 5.75 Å². The van der Waals surface area contributed by atoms with Crippen molar-refractivity contribution in [2.45, 2.75) is 30.9 Å². The molecule has 19 heavy (non-hydrogen) atoms. The molecule has 1 aromatic heterocycles. The molecule has 0 spiro atoms. The summed E-state index contributed by atoms with van der Waals surface area (Å²) in [6.45, 7) is 3.88. The molecule has 6 heteroatoms. The average Bonchev–Trinajstić information content (AvgIpc) is 2.86. The van der Waals surface area contributed by atoms with Crippen LogP contribution in [0.1, 0.15) is 25.6 Å². The number of aromatic nitrogens is 2. The number of ether oxygens (including phenoxy) is 1. The van der Waals surface area contributed by atoms with E-state index in [1.807, 2.05) is 44.4 Å². The molecular formula is C13H17N3O2S. The molecule has 0 amide bonds. The highest BCUT2D eigenvalue weighted by atomic mass is 32.2. The van der Waals surface area contributed by atoms with Crippen LogP contribution in [0.25, 0.3) is 0 Å². The lowest BCUT2D eigenvalue weighted by Crippen LogP contribution is -2.30. The molecular weight excluding hydrogens is 262 g/mol. The van der Waals surface area contributed by atoms with Crippen molar-refractivity contribution in [3.63, 3.8) is 0 Å². The first-order valence-electron chi connectivity index (χ1n) is 5.88. The monoisotopic (exact) mass is 279 g/mol. The lowest BCUT2D eigenvalue weighted by Gasteiger charge is -2.11. The van der Waals surface area contributed by atoms with Gasteiger partial charge in [-0.2, -0.15) is 4.98 Å². The summed E-state index contributed by atoms with van der Waals surface area (Å²) < 4.78 is 10.7. The van der Waals surface area contributed by atoms with E-state index in [0.717, 1.165) is 5.75 Å². The summed E-state index contributed by atoms with van der Waals surface area (Å²) in [6.07, 6.45) is 2.03. The van der Waals surface area contributed by atoms with Gasteiger partial charge in [0.05, 0.1) is 5.54 Å². The van der Waals surface area contributed by atoms with Crippen LogP contribution >= 0.6 is 11.8 Å². The third kappa shape index (κ3) is 3.71. The van der Waals surface area contributed by atoms with E-state index < -0.39 is 5.54 Å². The molecule has 2 N–H and O–H groups in total. The first-order chi connectivity index (χ1) is 8.99. The maximum Gasteiger partial charge on any atom is 0.264 e. The van der Waals surface area contributed by atoms with Crippen molar-refractivity contribution in [2.75, 3.05) is 6.26 Å². The van der Waals surface area contributed by atoms with Crippen LogP contribution in [0.2, 0.25) is 0 Å². The van der Waals surface area contributed by atoms with E-state index in [1.165, 1.54) is 4.90 Å². The van der Waals surface area contributed by atoms with Gasteiger partial charge in [-0.05, 0) is 44.4 Å². The normalized spacial score (nSPS) is 11.6. The molecule has 0 radical (unpaired) electrons. The predicted octanol–water partition coefficient (Wildman–Crippen LogP) is 2.56. The van der Waals surface area contributed by atoms with Crippen molar-refractivity contribution in [1.29, 1.82) is 0 Å². The van der Waals surface area contributed by atoms with Crippen LogP contribution in [0.5, 0.6) is 5.75 Å². The molecule has 2 rings (SSSR count). The number of rotatable bonds is 5. The Kier molecular flexibility index (Phi) is 4.11. The number of thioether (sulfide) groups is 1. The quantitative estimate of drug-likeness (QED) is 0.848. The van der Waals surface area contributed by atoms with Crippen LogP contribution in [0.15, 0.2) is 33.7 Å². The second-order valence-electron chi connectivity index (χ2n) is 4.70. The highest BCUT2D eigenvalue weighted by Gasteiger charge is 2.21.